The average Bonchev–Trinajstić information content (AvgIpc) is 2.90. The SMILES string of the molecule is CC1(C#CCCCO)CC[C@H]2C3CCc4cc(O)ccc4[C@H]3CCC21C. The van der Waals surface area contributed by atoms with E-state index in [1.54, 1.807) is 0 Å². The van der Waals surface area contributed by atoms with Gasteiger partial charge in [-0.1, -0.05) is 18.9 Å². The molecule has 0 amide bonds. The fraction of sp³-hybridized carbons (Fsp3) is 0.667. The Morgan fingerprint density at radius 3 is 2.81 bits per heavy atom. The molecule has 0 spiro atoms. The zero-order valence-electron chi connectivity index (χ0n) is 16.2. The maximum Gasteiger partial charge on any atom is 0.115 e. The summed E-state index contributed by atoms with van der Waals surface area (Å²) in [6.45, 7) is 5.14. The Morgan fingerprint density at radius 1 is 1.15 bits per heavy atom. The van der Waals surface area contributed by atoms with Crippen LogP contribution in [0.4, 0.5) is 0 Å². The van der Waals surface area contributed by atoms with Gasteiger partial charge in [0.25, 0.3) is 0 Å². The molecule has 3 aliphatic carbocycles. The largest absolute Gasteiger partial charge is 0.508 e. The van der Waals surface area contributed by atoms with Gasteiger partial charge in [-0.25, -0.2) is 0 Å². The van der Waals surface area contributed by atoms with Crippen LogP contribution in [0.5, 0.6) is 5.75 Å². The predicted molar refractivity (Wildman–Crippen MR) is 105 cm³/mol. The second kappa shape index (κ2) is 6.61. The number of hydrogen-bond acceptors (Lipinski definition) is 2. The van der Waals surface area contributed by atoms with E-state index in [1.807, 2.05) is 12.1 Å². The minimum absolute atomic E-state index is 0.118. The van der Waals surface area contributed by atoms with E-state index in [2.05, 4.69) is 31.8 Å². The van der Waals surface area contributed by atoms with E-state index in [0.717, 1.165) is 31.1 Å². The Kier molecular flexibility index (Phi) is 4.56. The molecule has 2 fully saturated rings. The molecule has 3 aliphatic rings. The number of phenolic OH excluding ortho intramolecular Hbond substituents is 1. The number of phenols is 1. The first kappa shape index (κ1) is 17.9. The van der Waals surface area contributed by atoms with Crippen LogP contribution in [0.15, 0.2) is 18.2 Å². The van der Waals surface area contributed by atoms with Crippen LogP contribution in [0, 0.1) is 34.5 Å². The van der Waals surface area contributed by atoms with E-state index in [-0.39, 0.29) is 12.0 Å². The number of unbranched alkanes of at least 4 members (excludes halogenated alkanes) is 1. The highest BCUT2D eigenvalue weighted by Gasteiger charge is 2.59. The highest BCUT2D eigenvalue weighted by atomic mass is 16.3. The Morgan fingerprint density at radius 2 is 2.00 bits per heavy atom. The molecular formula is C24H32O2. The summed E-state index contributed by atoms with van der Waals surface area (Å²) < 4.78 is 0. The summed E-state index contributed by atoms with van der Waals surface area (Å²) in [5.41, 5.74) is 3.31. The predicted octanol–water partition coefficient (Wildman–Crippen LogP) is 5.03. The number of fused-ring (bicyclic) bond motifs is 5. The molecule has 1 aromatic rings. The van der Waals surface area contributed by atoms with Crippen molar-refractivity contribution >= 4 is 0 Å². The summed E-state index contributed by atoms with van der Waals surface area (Å²) in [5, 5.41) is 18.8. The molecule has 26 heavy (non-hydrogen) atoms. The lowest BCUT2D eigenvalue weighted by atomic mass is 9.51. The van der Waals surface area contributed by atoms with Gasteiger partial charge in [-0.3, -0.25) is 0 Å². The first-order valence-electron chi connectivity index (χ1n) is 10.4. The van der Waals surface area contributed by atoms with Crippen LogP contribution in [0.1, 0.15) is 75.8 Å². The maximum absolute atomic E-state index is 9.83. The minimum Gasteiger partial charge on any atom is -0.508 e. The first-order valence-corrected chi connectivity index (χ1v) is 10.4. The van der Waals surface area contributed by atoms with Gasteiger partial charge in [0.2, 0.25) is 0 Å². The zero-order chi connectivity index (χ0) is 18.4. The van der Waals surface area contributed by atoms with Crippen molar-refractivity contribution in [3.63, 3.8) is 0 Å². The summed E-state index contributed by atoms with van der Waals surface area (Å²) in [6, 6.07) is 6.05. The van der Waals surface area contributed by atoms with E-state index >= 15 is 0 Å². The summed E-state index contributed by atoms with van der Waals surface area (Å²) in [7, 11) is 0. The van der Waals surface area contributed by atoms with Crippen molar-refractivity contribution in [1.29, 1.82) is 0 Å². The van der Waals surface area contributed by atoms with E-state index in [0.29, 0.717) is 17.1 Å². The van der Waals surface area contributed by atoms with Gasteiger partial charge in [0.1, 0.15) is 5.75 Å². The molecule has 2 saturated carbocycles. The van der Waals surface area contributed by atoms with Crippen molar-refractivity contribution in [2.45, 2.75) is 71.1 Å². The molecule has 0 radical (unpaired) electrons. The molecule has 0 saturated heterocycles. The molecule has 1 aromatic carbocycles. The molecule has 2 N–H and O–H groups in total. The highest BCUT2D eigenvalue weighted by molar-refractivity contribution is 5.40. The van der Waals surface area contributed by atoms with Crippen LogP contribution >= 0.6 is 0 Å². The van der Waals surface area contributed by atoms with Gasteiger partial charge >= 0.3 is 0 Å². The third-order valence-electron chi connectivity index (χ3n) is 8.14. The van der Waals surface area contributed by atoms with Crippen LogP contribution < -0.4 is 0 Å². The van der Waals surface area contributed by atoms with Crippen LogP contribution in [0.2, 0.25) is 0 Å². The molecule has 3 unspecified atom stereocenters. The van der Waals surface area contributed by atoms with Gasteiger partial charge in [0, 0.05) is 18.4 Å². The van der Waals surface area contributed by atoms with E-state index < -0.39 is 0 Å². The summed E-state index contributed by atoms with van der Waals surface area (Å²) in [5.74, 6) is 9.66. The first-order chi connectivity index (χ1) is 12.5. The Hall–Kier alpha value is -1.46. The van der Waals surface area contributed by atoms with E-state index in [9.17, 15) is 5.11 Å². The molecule has 5 atom stereocenters. The smallest absolute Gasteiger partial charge is 0.115 e. The number of aromatic hydroxyl groups is 1. The Bertz CT molecular complexity index is 742. The molecule has 0 bridgehead atoms. The van der Waals surface area contributed by atoms with Crippen LogP contribution in [-0.4, -0.2) is 16.8 Å². The fourth-order valence-corrected chi connectivity index (χ4v) is 6.47. The highest BCUT2D eigenvalue weighted by Crippen LogP contribution is 2.67. The van der Waals surface area contributed by atoms with Gasteiger partial charge in [0.05, 0.1) is 0 Å². The molecule has 0 aromatic heterocycles. The molecule has 140 valence electrons. The third kappa shape index (κ3) is 2.67. The van der Waals surface area contributed by atoms with Gasteiger partial charge in [-0.05, 0) is 98.3 Å². The second-order valence-electron chi connectivity index (χ2n) is 9.25. The van der Waals surface area contributed by atoms with E-state index in [4.69, 9.17) is 5.11 Å². The molecule has 4 rings (SSSR count). The number of rotatable bonds is 2. The number of hydrogen-bond donors (Lipinski definition) is 2. The van der Waals surface area contributed by atoms with Gasteiger partial charge in [0.15, 0.2) is 0 Å². The molecule has 2 heteroatoms. The standard InChI is InChI=1S/C24H32O2/c1-23(12-4-3-5-15-25)13-11-22-21-8-6-17-16-18(26)7-9-19(17)20(21)10-14-24(22,23)2/h7,9,16,20-22,25-26H,3,5-6,8,10-11,13-15H2,1-2H3/t20-,21?,22+,23?,24?/m1/s1. The summed E-state index contributed by atoms with van der Waals surface area (Å²) in [4.78, 5) is 0. The van der Waals surface area contributed by atoms with Gasteiger partial charge in [-0.15, -0.1) is 5.92 Å². The molecule has 0 aliphatic heterocycles. The monoisotopic (exact) mass is 352 g/mol. The number of aliphatic hydroxyl groups excluding tert-OH is 1. The summed E-state index contributed by atoms with van der Waals surface area (Å²) >= 11 is 0. The fourth-order valence-electron chi connectivity index (χ4n) is 6.47. The van der Waals surface area contributed by atoms with Gasteiger partial charge in [-0.2, -0.15) is 0 Å². The molecule has 2 nitrogen and oxygen atoms in total. The Labute approximate surface area is 158 Å². The Balaban J connectivity index is 1.60. The van der Waals surface area contributed by atoms with Gasteiger partial charge < -0.3 is 10.2 Å². The minimum atomic E-state index is 0.118. The quantitative estimate of drug-likeness (QED) is 0.579. The second-order valence-corrected chi connectivity index (χ2v) is 9.25. The zero-order valence-corrected chi connectivity index (χ0v) is 16.2. The number of benzene rings is 1. The van der Waals surface area contributed by atoms with Crippen molar-refractivity contribution in [3.8, 4) is 17.6 Å². The third-order valence-corrected chi connectivity index (χ3v) is 8.14. The van der Waals surface area contributed by atoms with Crippen LogP contribution in [0.3, 0.4) is 0 Å². The van der Waals surface area contributed by atoms with Crippen LogP contribution in [-0.2, 0) is 6.42 Å². The lowest BCUT2D eigenvalue weighted by molar-refractivity contribution is 0.00879. The lowest BCUT2D eigenvalue weighted by Gasteiger charge is -2.53. The number of aliphatic hydroxyl groups is 1. The maximum atomic E-state index is 9.83. The molecule has 0 heterocycles. The molecular weight excluding hydrogens is 320 g/mol. The normalized spacial score (nSPS) is 37.9. The average molecular weight is 353 g/mol. The van der Waals surface area contributed by atoms with Crippen molar-refractivity contribution < 1.29 is 10.2 Å². The lowest BCUT2D eigenvalue weighted by Crippen LogP contribution is -2.45. The van der Waals surface area contributed by atoms with Crippen molar-refractivity contribution in [2.24, 2.45) is 22.7 Å². The topological polar surface area (TPSA) is 40.5 Å². The van der Waals surface area contributed by atoms with Crippen molar-refractivity contribution in [2.75, 3.05) is 6.61 Å². The number of aryl methyl sites for hydroxylation is 1. The van der Waals surface area contributed by atoms with Crippen LogP contribution in [0.25, 0.3) is 0 Å². The summed E-state index contributed by atoms with van der Waals surface area (Å²) in [6.07, 6.45) is 9.00. The van der Waals surface area contributed by atoms with Crippen molar-refractivity contribution in [3.05, 3.63) is 29.3 Å². The van der Waals surface area contributed by atoms with Crippen molar-refractivity contribution in [1.82, 2.24) is 0 Å². The van der Waals surface area contributed by atoms with E-state index in [1.165, 1.54) is 43.2 Å².